The van der Waals surface area contributed by atoms with Crippen LogP contribution in [0.15, 0.2) is 72.8 Å². The second-order valence-corrected chi connectivity index (χ2v) is 25.3. The summed E-state index contributed by atoms with van der Waals surface area (Å²) in [4.78, 5) is 6.96. The molecule has 0 saturated carbocycles. The summed E-state index contributed by atoms with van der Waals surface area (Å²) in [6.07, 6.45) is 2.17. The molecule has 11 rings (SSSR count). The average Bonchev–Trinajstić information content (AvgIpc) is 3.34. The maximum absolute atomic E-state index is 7.21. The average molecular weight is 949 g/mol. The highest BCUT2D eigenvalue weighted by atomic mass is 15.2. The number of rotatable bonds is 2. The van der Waals surface area contributed by atoms with E-state index in [0.717, 1.165) is 52.1 Å². The predicted octanol–water partition coefficient (Wildman–Crippen LogP) is 2.22. The highest BCUT2D eigenvalue weighted by Crippen LogP contribution is 2.52. The zero-order valence-electron chi connectivity index (χ0n) is 46.0. The van der Waals surface area contributed by atoms with E-state index >= 15 is 0 Å². The summed E-state index contributed by atoms with van der Waals surface area (Å²) < 4.78 is 0. The minimum absolute atomic E-state index is 0.0395. The Balaban J connectivity index is 1.34. The smallest absolute Gasteiger partial charge is 0.252 e. The summed E-state index contributed by atoms with van der Waals surface area (Å²) >= 11 is 0. The summed E-state index contributed by atoms with van der Waals surface area (Å²) in [7, 11) is 64.1. The lowest BCUT2D eigenvalue weighted by Gasteiger charge is -2.49. The molecule has 19 radical (unpaired) electrons. The zero-order chi connectivity index (χ0) is 54.2. The largest absolute Gasteiger partial charge is 0.313 e. The van der Waals surface area contributed by atoms with Gasteiger partial charge in [0.15, 0.2) is 7.28 Å². The lowest BCUT2D eigenvalue weighted by Crippen LogP contribution is -2.63. The van der Waals surface area contributed by atoms with Gasteiger partial charge in [0.25, 0.3) is 6.71 Å². The van der Waals surface area contributed by atoms with Gasteiger partial charge in [-0.2, -0.15) is 0 Å². The Labute approximate surface area is 460 Å². The molecule has 3 heterocycles. The fourth-order valence-corrected chi connectivity index (χ4v) is 12.8. The maximum atomic E-state index is 7.21. The van der Waals surface area contributed by atoms with Crippen LogP contribution < -0.4 is 91.2 Å². The monoisotopic (exact) mass is 951 g/mol. The third-order valence-corrected chi connectivity index (χ3v) is 17.3. The Hall–Kier alpha value is -5.35. The van der Waals surface area contributed by atoms with Gasteiger partial charge in [-0.15, -0.1) is 32.8 Å². The zero-order valence-corrected chi connectivity index (χ0v) is 46.0. The molecule has 0 fully saturated rings. The second kappa shape index (κ2) is 17.1. The number of hydrogen-bond donors (Lipinski definition) is 0. The minimum atomic E-state index is -0.266. The number of aryl methyl sites for hydroxylation is 3. The van der Waals surface area contributed by atoms with Crippen molar-refractivity contribution >= 4 is 212 Å². The summed E-state index contributed by atoms with van der Waals surface area (Å²) in [5, 5.41) is 0. The van der Waals surface area contributed by atoms with E-state index < -0.39 is 0 Å². The van der Waals surface area contributed by atoms with Crippen LogP contribution in [0.4, 0.5) is 51.2 Å². The van der Waals surface area contributed by atoms with E-state index in [2.05, 4.69) is 173 Å². The van der Waals surface area contributed by atoms with Crippen molar-refractivity contribution in [2.75, 3.05) is 14.7 Å². The van der Waals surface area contributed by atoms with E-state index in [9.17, 15) is 0 Å². The first-order chi connectivity index (χ1) is 35.0. The van der Waals surface area contributed by atoms with Crippen molar-refractivity contribution in [2.24, 2.45) is 0 Å². The van der Waals surface area contributed by atoms with Crippen molar-refractivity contribution in [3.63, 3.8) is 0 Å². The Morgan fingerprint density at radius 1 is 0.453 bits per heavy atom. The Morgan fingerprint density at radius 2 is 0.933 bits per heavy atom. The molecule has 3 aliphatic heterocycles. The quantitative estimate of drug-likeness (QED) is 0.247. The van der Waals surface area contributed by atoms with E-state index in [1.807, 2.05) is 12.2 Å². The first-order valence-electron chi connectivity index (χ1n) is 26.2. The van der Waals surface area contributed by atoms with Crippen LogP contribution in [0.2, 0.25) is 0 Å². The van der Waals surface area contributed by atoms with Gasteiger partial charge in [0.05, 0.1) is 5.69 Å². The molecular weight excluding hydrogens is 894 g/mol. The number of anilines is 9. The molecule has 0 saturated heterocycles. The topological polar surface area (TPSA) is 9.72 Å². The molecule has 347 valence electrons. The van der Waals surface area contributed by atoms with Crippen LogP contribution in [0.1, 0.15) is 121 Å². The predicted molar refractivity (Wildman–Crippen MR) is 336 cm³/mol. The fraction of sp³-hybridized carbons (Fsp3) is 0.311. The van der Waals surface area contributed by atoms with Gasteiger partial charge in [-0.25, -0.2) is 0 Å². The molecule has 7 aromatic carbocycles. The summed E-state index contributed by atoms with van der Waals surface area (Å²) in [6, 6.07) is 27.7. The number of fused-ring (bicyclic) bond motifs is 9. The van der Waals surface area contributed by atoms with Gasteiger partial charge < -0.3 is 14.7 Å². The van der Waals surface area contributed by atoms with Crippen LogP contribution >= 0.6 is 0 Å². The molecule has 0 spiro atoms. The molecule has 7 aromatic rings. The fourth-order valence-electron chi connectivity index (χ4n) is 12.8. The highest BCUT2D eigenvalue weighted by Gasteiger charge is 2.48. The van der Waals surface area contributed by atoms with E-state index in [1.54, 1.807) is 0 Å². The third-order valence-electron chi connectivity index (χ3n) is 17.3. The van der Waals surface area contributed by atoms with Crippen LogP contribution in [-0.2, 0) is 21.7 Å². The van der Waals surface area contributed by atoms with Gasteiger partial charge in [0.1, 0.15) is 70.6 Å². The Bertz CT molecular complexity index is 3620. The maximum Gasteiger partial charge on any atom is 0.252 e. The molecule has 0 atom stereocenters. The lowest BCUT2D eigenvalue weighted by atomic mass is 9.33. The van der Waals surface area contributed by atoms with Crippen LogP contribution in [-0.4, -0.2) is 84.6 Å². The molecular formula is C61H55B11N3. The van der Waals surface area contributed by atoms with Crippen molar-refractivity contribution < 1.29 is 0 Å². The van der Waals surface area contributed by atoms with Gasteiger partial charge >= 0.3 is 0 Å². The summed E-state index contributed by atoms with van der Waals surface area (Å²) in [5.74, 6) is 0. The van der Waals surface area contributed by atoms with Crippen molar-refractivity contribution in [3.05, 3.63) is 112 Å². The van der Waals surface area contributed by atoms with Gasteiger partial charge in [0, 0.05) is 45.5 Å². The van der Waals surface area contributed by atoms with Gasteiger partial charge in [-0.3, -0.25) is 0 Å². The number of benzene rings is 7. The van der Waals surface area contributed by atoms with Crippen molar-refractivity contribution in [1.82, 2.24) is 0 Å². The minimum Gasteiger partial charge on any atom is -0.313 e. The molecule has 75 heavy (non-hydrogen) atoms. The highest BCUT2D eigenvalue weighted by molar-refractivity contribution is 7.00. The van der Waals surface area contributed by atoms with Crippen LogP contribution in [0.25, 0.3) is 0 Å². The molecule has 4 aliphatic rings. The standard InChI is InChI=1S/C61H55B11N3/c1-28-15-14-16-36-55(28)75-39-25-33(73(56-49(68)45(64)43(62)46(65)50(56)69)57-51(70)47(66)44(63)48(67)52(57)71-36)17-18-37(39)72-38-26-34-35(61(12,13)20-19-60(34,10)11)27-40(38)74(41-23-32(59(7,8)9)24-42(75)53(41)72)54-29(2)21-31(22-30(54)3)58(4,5)6/h14-18,21-27H,19-20H2,1-13H3. The van der Waals surface area contributed by atoms with E-state index in [0.29, 0.717) is 16.8 Å². The van der Waals surface area contributed by atoms with Crippen molar-refractivity contribution in [1.29, 1.82) is 0 Å². The van der Waals surface area contributed by atoms with Crippen molar-refractivity contribution in [3.8, 4) is 0 Å². The molecule has 1 aliphatic carbocycles. The van der Waals surface area contributed by atoms with E-state index in [-0.39, 0.29) is 83.2 Å². The van der Waals surface area contributed by atoms with Gasteiger partial charge in [0.2, 0.25) is 0 Å². The number of hydrogen-bond acceptors (Lipinski definition) is 3. The normalized spacial score (nSPS) is 15.9. The summed E-state index contributed by atoms with van der Waals surface area (Å²) in [5.41, 5.74) is 22.4. The first kappa shape index (κ1) is 51.7. The van der Waals surface area contributed by atoms with Crippen LogP contribution in [0.3, 0.4) is 0 Å². The van der Waals surface area contributed by atoms with Crippen LogP contribution in [0, 0.1) is 20.8 Å². The van der Waals surface area contributed by atoms with E-state index in [1.165, 1.54) is 55.7 Å². The lowest BCUT2D eigenvalue weighted by molar-refractivity contribution is 0.332. The molecule has 0 amide bonds. The molecule has 2 bridgehead atoms. The molecule has 3 nitrogen and oxygen atoms in total. The summed E-state index contributed by atoms with van der Waals surface area (Å²) in [6.45, 7) is 30.0. The van der Waals surface area contributed by atoms with E-state index in [4.69, 9.17) is 70.6 Å². The van der Waals surface area contributed by atoms with Gasteiger partial charge in [-0.1, -0.05) is 139 Å². The number of nitrogens with zero attached hydrogens (tertiary/aromatic N) is 3. The Kier molecular flexibility index (Phi) is 11.8. The third kappa shape index (κ3) is 7.58. The van der Waals surface area contributed by atoms with Gasteiger partial charge in [-0.05, 0) is 141 Å². The first-order valence-corrected chi connectivity index (χ1v) is 26.2. The molecule has 14 heteroatoms. The molecule has 0 unspecified atom stereocenters. The molecule has 0 N–H and O–H groups in total. The number of para-hydroxylation sites is 1. The Morgan fingerprint density at radius 3 is 1.49 bits per heavy atom. The molecule has 0 aromatic heterocycles. The SMILES string of the molecule is [B]c1c([B])c([B])c(N2c3ccc4c(c3)N(c3cc(C(C)(C)C)cc5c3B4c3cc4c(cc3N5c3c(C)cc(C(C)(C)C)cc3C)C(C)(C)CCC4(C)C)c3c(C)cccc3[B]c3c([B])c([B])c([B])c([B])c32)c([B])c1[B]. The van der Waals surface area contributed by atoms with Crippen LogP contribution in [0.5, 0.6) is 0 Å². The van der Waals surface area contributed by atoms with Crippen molar-refractivity contribution in [2.45, 2.75) is 125 Å². The second-order valence-electron chi connectivity index (χ2n) is 25.3.